The summed E-state index contributed by atoms with van der Waals surface area (Å²) >= 11 is 0. The van der Waals surface area contributed by atoms with Crippen LogP contribution in [0.25, 0.3) is 0 Å². The van der Waals surface area contributed by atoms with Crippen LogP contribution in [0, 0.1) is 0 Å². The van der Waals surface area contributed by atoms with Gasteiger partial charge in [-0.25, -0.2) is 4.79 Å². The SMILES string of the molecule is CC(C)OCCNCC1CCC(C(=O)O)O1. The molecule has 1 aliphatic heterocycles. The lowest BCUT2D eigenvalue weighted by atomic mass is 10.2. The van der Waals surface area contributed by atoms with Crippen LogP contribution in [0.3, 0.4) is 0 Å². The Hall–Kier alpha value is -0.650. The number of hydrogen-bond acceptors (Lipinski definition) is 4. The van der Waals surface area contributed by atoms with Gasteiger partial charge in [-0.05, 0) is 26.7 Å². The first kappa shape index (κ1) is 13.4. The number of carboxylic acid groups (broad SMARTS) is 1. The summed E-state index contributed by atoms with van der Waals surface area (Å²) < 4.78 is 10.7. The highest BCUT2D eigenvalue weighted by molar-refractivity contribution is 5.72. The Kier molecular flexibility index (Phi) is 5.73. The first-order chi connectivity index (χ1) is 7.59. The van der Waals surface area contributed by atoms with Crippen molar-refractivity contribution >= 4 is 5.97 Å². The van der Waals surface area contributed by atoms with Crippen LogP contribution in [0.5, 0.6) is 0 Å². The van der Waals surface area contributed by atoms with E-state index >= 15 is 0 Å². The first-order valence-corrected chi connectivity index (χ1v) is 5.80. The van der Waals surface area contributed by atoms with E-state index in [0.29, 0.717) is 19.6 Å². The van der Waals surface area contributed by atoms with E-state index in [0.717, 1.165) is 13.0 Å². The lowest BCUT2D eigenvalue weighted by Crippen LogP contribution is -2.31. The predicted molar refractivity (Wildman–Crippen MR) is 59.5 cm³/mol. The summed E-state index contributed by atoms with van der Waals surface area (Å²) in [4.78, 5) is 10.6. The molecular formula is C11H21NO4. The maximum Gasteiger partial charge on any atom is 0.332 e. The fourth-order valence-electron chi connectivity index (χ4n) is 1.67. The molecule has 5 nitrogen and oxygen atoms in total. The van der Waals surface area contributed by atoms with Crippen LogP contribution in [0.15, 0.2) is 0 Å². The number of ether oxygens (including phenoxy) is 2. The van der Waals surface area contributed by atoms with Gasteiger partial charge in [-0.3, -0.25) is 0 Å². The minimum absolute atomic E-state index is 0.0279. The lowest BCUT2D eigenvalue weighted by Gasteiger charge is -2.13. The standard InChI is InChI=1S/C11H21NO4/c1-8(2)15-6-5-12-7-9-3-4-10(16-9)11(13)14/h8-10,12H,3-7H2,1-2H3,(H,13,14). The normalized spacial score (nSPS) is 25.2. The van der Waals surface area contributed by atoms with Crippen LogP contribution in [0.1, 0.15) is 26.7 Å². The zero-order valence-electron chi connectivity index (χ0n) is 9.94. The molecule has 0 aliphatic carbocycles. The molecule has 0 aromatic carbocycles. The molecule has 1 rings (SSSR count). The van der Waals surface area contributed by atoms with Crippen molar-refractivity contribution in [3.05, 3.63) is 0 Å². The summed E-state index contributed by atoms with van der Waals surface area (Å²) in [5, 5.41) is 11.9. The molecule has 0 aromatic heterocycles. The molecule has 0 saturated carbocycles. The summed E-state index contributed by atoms with van der Waals surface area (Å²) in [6.07, 6.45) is 1.10. The number of carbonyl (C=O) groups is 1. The van der Waals surface area contributed by atoms with Gasteiger partial charge in [-0.15, -0.1) is 0 Å². The number of carboxylic acids is 1. The van der Waals surface area contributed by atoms with Crippen molar-refractivity contribution in [3.8, 4) is 0 Å². The van der Waals surface area contributed by atoms with Gasteiger partial charge in [0.25, 0.3) is 0 Å². The quantitative estimate of drug-likeness (QED) is 0.629. The molecule has 1 aliphatic rings. The van der Waals surface area contributed by atoms with Gasteiger partial charge in [0.2, 0.25) is 0 Å². The van der Waals surface area contributed by atoms with Crippen molar-refractivity contribution in [2.45, 2.75) is 45.0 Å². The van der Waals surface area contributed by atoms with Crippen LogP contribution in [0.4, 0.5) is 0 Å². The molecule has 5 heteroatoms. The topological polar surface area (TPSA) is 67.8 Å². The van der Waals surface area contributed by atoms with E-state index in [1.807, 2.05) is 13.8 Å². The molecule has 1 saturated heterocycles. The van der Waals surface area contributed by atoms with Crippen molar-refractivity contribution in [3.63, 3.8) is 0 Å². The predicted octanol–water partition coefficient (Wildman–Crippen LogP) is 0.633. The summed E-state index contributed by atoms with van der Waals surface area (Å²) in [7, 11) is 0. The Morgan fingerprint density at radius 2 is 2.31 bits per heavy atom. The fraction of sp³-hybridized carbons (Fsp3) is 0.909. The van der Waals surface area contributed by atoms with Crippen molar-refractivity contribution in [1.29, 1.82) is 0 Å². The maximum absolute atomic E-state index is 10.6. The second-order valence-electron chi connectivity index (χ2n) is 4.29. The van der Waals surface area contributed by atoms with Gasteiger partial charge in [0, 0.05) is 13.1 Å². The Morgan fingerprint density at radius 3 is 2.88 bits per heavy atom. The van der Waals surface area contributed by atoms with Crippen LogP contribution in [-0.4, -0.2) is 49.1 Å². The Balaban J connectivity index is 2.00. The largest absolute Gasteiger partial charge is 0.479 e. The van der Waals surface area contributed by atoms with Crippen LogP contribution in [0.2, 0.25) is 0 Å². The average molecular weight is 231 g/mol. The van der Waals surface area contributed by atoms with Crippen molar-refractivity contribution < 1.29 is 19.4 Å². The zero-order valence-corrected chi connectivity index (χ0v) is 9.94. The van der Waals surface area contributed by atoms with Crippen molar-refractivity contribution in [2.24, 2.45) is 0 Å². The molecule has 2 N–H and O–H groups in total. The molecule has 94 valence electrons. The van der Waals surface area contributed by atoms with Gasteiger partial charge in [0.15, 0.2) is 6.10 Å². The molecule has 1 heterocycles. The van der Waals surface area contributed by atoms with Crippen molar-refractivity contribution in [1.82, 2.24) is 5.32 Å². The summed E-state index contributed by atoms with van der Waals surface area (Å²) in [6, 6.07) is 0. The molecule has 0 spiro atoms. The van der Waals surface area contributed by atoms with E-state index in [1.165, 1.54) is 0 Å². The van der Waals surface area contributed by atoms with E-state index in [2.05, 4.69) is 5.32 Å². The van der Waals surface area contributed by atoms with Crippen LogP contribution in [-0.2, 0) is 14.3 Å². The molecule has 2 unspecified atom stereocenters. The smallest absolute Gasteiger partial charge is 0.332 e. The zero-order chi connectivity index (χ0) is 12.0. The Bertz CT molecular complexity index is 220. The number of nitrogens with one attached hydrogen (secondary N) is 1. The summed E-state index contributed by atoms with van der Waals surface area (Å²) in [5.41, 5.74) is 0. The minimum atomic E-state index is -0.856. The molecular weight excluding hydrogens is 210 g/mol. The third-order valence-corrected chi connectivity index (χ3v) is 2.49. The van der Waals surface area contributed by atoms with E-state index in [-0.39, 0.29) is 12.2 Å². The molecule has 0 radical (unpaired) electrons. The molecule has 0 aromatic rings. The number of hydrogen-bond donors (Lipinski definition) is 2. The van der Waals surface area contributed by atoms with Crippen LogP contribution < -0.4 is 5.32 Å². The second kappa shape index (κ2) is 6.83. The van der Waals surface area contributed by atoms with Gasteiger partial charge in [0.05, 0.1) is 18.8 Å². The highest BCUT2D eigenvalue weighted by Crippen LogP contribution is 2.18. The van der Waals surface area contributed by atoms with E-state index in [9.17, 15) is 4.79 Å². The van der Waals surface area contributed by atoms with Gasteiger partial charge in [-0.2, -0.15) is 0 Å². The van der Waals surface area contributed by atoms with Crippen molar-refractivity contribution in [2.75, 3.05) is 19.7 Å². The molecule has 2 atom stereocenters. The first-order valence-electron chi connectivity index (χ1n) is 5.80. The second-order valence-corrected chi connectivity index (χ2v) is 4.29. The average Bonchev–Trinajstić information content (AvgIpc) is 2.65. The highest BCUT2D eigenvalue weighted by Gasteiger charge is 2.29. The van der Waals surface area contributed by atoms with Crippen LogP contribution >= 0.6 is 0 Å². The van der Waals surface area contributed by atoms with Gasteiger partial charge < -0.3 is 19.9 Å². The van der Waals surface area contributed by atoms with Gasteiger partial charge in [0.1, 0.15) is 0 Å². The minimum Gasteiger partial charge on any atom is -0.479 e. The maximum atomic E-state index is 10.6. The highest BCUT2D eigenvalue weighted by atomic mass is 16.5. The molecule has 1 fully saturated rings. The monoisotopic (exact) mass is 231 g/mol. The lowest BCUT2D eigenvalue weighted by molar-refractivity contribution is -0.149. The van der Waals surface area contributed by atoms with Gasteiger partial charge in [-0.1, -0.05) is 0 Å². The fourth-order valence-corrected chi connectivity index (χ4v) is 1.67. The van der Waals surface area contributed by atoms with E-state index in [1.54, 1.807) is 0 Å². The third-order valence-electron chi connectivity index (χ3n) is 2.49. The number of aliphatic carboxylic acids is 1. The number of rotatable bonds is 7. The summed E-state index contributed by atoms with van der Waals surface area (Å²) in [5.74, 6) is -0.856. The third kappa shape index (κ3) is 4.92. The van der Waals surface area contributed by atoms with E-state index < -0.39 is 12.1 Å². The van der Waals surface area contributed by atoms with Gasteiger partial charge >= 0.3 is 5.97 Å². The molecule has 16 heavy (non-hydrogen) atoms. The Labute approximate surface area is 96.1 Å². The molecule has 0 amide bonds. The Morgan fingerprint density at radius 1 is 1.56 bits per heavy atom. The van der Waals surface area contributed by atoms with E-state index in [4.69, 9.17) is 14.6 Å². The molecule has 0 bridgehead atoms. The summed E-state index contributed by atoms with van der Waals surface area (Å²) in [6.45, 7) is 6.14.